The van der Waals surface area contributed by atoms with Crippen LogP contribution in [0.25, 0.3) is 0 Å². The van der Waals surface area contributed by atoms with Crippen molar-refractivity contribution in [2.75, 3.05) is 7.05 Å². The van der Waals surface area contributed by atoms with Crippen LogP contribution in [0.3, 0.4) is 0 Å². The Balaban J connectivity index is 3.11. The van der Waals surface area contributed by atoms with E-state index in [4.69, 9.17) is 4.74 Å². The minimum atomic E-state index is -0.858. The summed E-state index contributed by atoms with van der Waals surface area (Å²) in [6, 6.07) is 5.76. The smallest absolute Gasteiger partial charge is 0.408 e. The van der Waals surface area contributed by atoms with Gasteiger partial charge in [-0.05, 0) is 66.5 Å². The molecule has 1 aromatic carbocycles. The molecule has 2 N–H and O–H groups in total. The number of carbonyl (C=O) groups is 3. The van der Waals surface area contributed by atoms with Crippen LogP contribution in [0.1, 0.15) is 65.6 Å². The van der Waals surface area contributed by atoms with Gasteiger partial charge in [0.05, 0.1) is 0 Å². The minimum absolute atomic E-state index is 0.285. The molecule has 0 heterocycles. The Morgan fingerprint density at radius 2 is 1.59 bits per heavy atom. The highest BCUT2D eigenvalue weighted by Crippen LogP contribution is 2.25. The largest absolute Gasteiger partial charge is 0.444 e. The number of nitrogens with zero attached hydrogens (tertiary/aromatic N) is 1. The molecule has 7 nitrogen and oxygen atoms in total. The van der Waals surface area contributed by atoms with Gasteiger partial charge >= 0.3 is 6.09 Å². The SMILES string of the molecule is Cc1ccccc1C(C(=O)NC(C)(C)C)N(C)C(=O)C(C)NC(=O)OC(C)(C)C. The van der Waals surface area contributed by atoms with Gasteiger partial charge in [0.2, 0.25) is 11.8 Å². The summed E-state index contributed by atoms with van der Waals surface area (Å²) in [6.07, 6.45) is -0.682. The van der Waals surface area contributed by atoms with E-state index in [-0.39, 0.29) is 5.91 Å². The standard InChI is InChI=1S/C22H35N3O4/c1-14-12-10-11-13-16(14)17(18(26)24-21(3,4)5)25(9)19(27)15(2)23-20(28)29-22(6,7)8/h10-13,15,17H,1-9H3,(H,23,28)(H,24,26). The molecular formula is C22H35N3O4. The second-order valence-corrected chi connectivity index (χ2v) is 9.32. The maximum atomic E-state index is 13.1. The average molecular weight is 406 g/mol. The fraction of sp³-hybridized carbons (Fsp3) is 0.591. The number of aryl methyl sites for hydroxylation is 1. The van der Waals surface area contributed by atoms with E-state index >= 15 is 0 Å². The maximum Gasteiger partial charge on any atom is 0.408 e. The Morgan fingerprint density at radius 1 is 1.03 bits per heavy atom. The van der Waals surface area contributed by atoms with Crippen molar-refractivity contribution >= 4 is 17.9 Å². The third-order valence-electron chi connectivity index (χ3n) is 4.07. The second kappa shape index (κ2) is 9.29. The van der Waals surface area contributed by atoms with Crippen LogP contribution >= 0.6 is 0 Å². The molecule has 1 rings (SSSR count). The zero-order chi connectivity index (χ0) is 22.6. The Morgan fingerprint density at radius 3 is 2.07 bits per heavy atom. The molecule has 0 aliphatic carbocycles. The van der Waals surface area contributed by atoms with E-state index in [1.54, 1.807) is 34.7 Å². The van der Waals surface area contributed by atoms with Crippen LogP contribution in [0.2, 0.25) is 0 Å². The number of hydrogen-bond donors (Lipinski definition) is 2. The van der Waals surface area contributed by atoms with Gasteiger partial charge in [0.15, 0.2) is 0 Å². The summed E-state index contributed by atoms with van der Waals surface area (Å²) < 4.78 is 5.22. The normalized spacial score (nSPS) is 13.8. The molecule has 2 atom stereocenters. The van der Waals surface area contributed by atoms with E-state index in [9.17, 15) is 14.4 Å². The summed E-state index contributed by atoms with van der Waals surface area (Å²) in [5, 5.41) is 5.49. The molecule has 0 aliphatic heterocycles. The first-order valence-corrected chi connectivity index (χ1v) is 9.76. The molecule has 0 aliphatic rings. The zero-order valence-electron chi connectivity index (χ0n) is 19.0. The Bertz CT molecular complexity index is 747. The molecular weight excluding hydrogens is 370 g/mol. The molecule has 0 saturated heterocycles. The molecule has 7 heteroatoms. The molecule has 162 valence electrons. The van der Waals surface area contributed by atoms with Gasteiger partial charge in [-0.1, -0.05) is 24.3 Å². The van der Waals surface area contributed by atoms with Crippen molar-refractivity contribution in [1.29, 1.82) is 0 Å². The molecule has 29 heavy (non-hydrogen) atoms. The number of rotatable bonds is 5. The highest BCUT2D eigenvalue weighted by Gasteiger charge is 2.34. The van der Waals surface area contributed by atoms with Gasteiger partial charge in [-0.15, -0.1) is 0 Å². The van der Waals surface area contributed by atoms with Crippen LogP contribution in [0, 0.1) is 6.92 Å². The van der Waals surface area contributed by atoms with Gasteiger partial charge < -0.3 is 20.3 Å². The first kappa shape index (κ1) is 24.5. The number of amides is 3. The van der Waals surface area contributed by atoms with Crippen molar-refractivity contribution in [2.45, 2.75) is 78.6 Å². The van der Waals surface area contributed by atoms with Crippen molar-refractivity contribution < 1.29 is 19.1 Å². The van der Waals surface area contributed by atoms with E-state index in [1.807, 2.05) is 52.0 Å². The number of likely N-dealkylation sites (N-methyl/N-ethyl adjacent to an activating group) is 1. The van der Waals surface area contributed by atoms with Gasteiger partial charge in [-0.2, -0.15) is 0 Å². The molecule has 0 saturated carbocycles. The Hall–Kier alpha value is -2.57. The summed E-state index contributed by atoms with van der Waals surface area (Å²) in [6.45, 7) is 14.4. The van der Waals surface area contributed by atoms with E-state index in [1.165, 1.54) is 4.90 Å². The van der Waals surface area contributed by atoms with Crippen LogP contribution < -0.4 is 10.6 Å². The maximum absolute atomic E-state index is 13.1. The minimum Gasteiger partial charge on any atom is -0.444 e. The lowest BCUT2D eigenvalue weighted by Crippen LogP contribution is -2.52. The van der Waals surface area contributed by atoms with Crippen molar-refractivity contribution in [3.8, 4) is 0 Å². The first-order valence-electron chi connectivity index (χ1n) is 9.76. The fourth-order valence-corrected chi connectivity index (χ4v) is 2.84. The second-order valence-electron chi connectivity index (χ2n) is 9.32. The number of nitrogens with one attached hydrogen (secondary N) is 2. The Kier molecular flexibility index (Phi) is 7.83. The quantitative estimate of drug-likeness (QED) is 0.787. The van der Waals surface area contributed by atoms with Gasteiger partial charge in [-0.25, -0.2) is 4.79 Å². The highest BCUT2D eigenvalue weighted by atomic mass is 16.6. The summed E-state index contributed by atoms with van der Waals surface area (Å²) >= 11 is 0. The van der Waals surface area contributed by atoms with Crippen molar-refractivity contribution in [1.82, 2.24) is 15.5 Å². The summed E-state index contributed by atoms with van der Waals surface area (Å²) in [5.41, 5.74) is 0.501. The zero-order valence-corrected chi connectivity index (χ0v) is 19.0. The molecule has 1 aromatic rings. The van der Waals surface area contributed by atoms with Crippen molar-refractivity contribution in [2.24, 2.45) is 0 Å². The molecule has 3 amide bonds. The monoisotopic (exact) mass is 405 g/mol. The van der Waals surface area contributed by atoms with Crippen LogP contribution in [0.4, 0.5) is 4.79 Å². The van der Waals surface area contributed by atoms with E-state index in [0.717, 1.165) is 11.1 Å². The van der Waals surface area contributed by atoms with Gasteiger partial charge in [0, 0.05) is 12.6 Å². The summed E-state index contributed by atoms with van der Waals surface area (Å²) in [4.78, 5) is 39.5. The topological polar surface area (TPSA) is 87.7 Å². The van der Waals surface area contributed by atoms with Crippen LogP contribution in [0.5, 0.6) is 0 Å². The molecule has 0 spiro atoms. The Labute approximate surface area is 174 Å². The molecule has 0 aromatic heterocycles. The molecule has 0 bridgehead atoms. The molecule has 0 fully saturated rings. The third-order valence-corrected chi connectivity index (χ3v) is 4.07. The van der Waals surface area contributed by atoms with Gasteiger partial charge in [0.25, 0.3) is 0 Å². The van der Waals surface area contributed by atoms with Gasteiger partial charge in [-0.3, -0.25) is 9.59 Å². The number of hydrogen-bond acceptors (Lipinski definition) is 4. The number of benzene rings is 1. The van der Waals surface area contributed by atoms with Crippen LogP contribution in [0.15, 0.2) is 24.3 Å². The van der Waals surface area contributed by atoms with E-state index in [0.29, 0.717) is 0 Å². The lowest BCUT2D eigenvalue weighted by molar-refractivity contribution is -0.141. The van der Waals surface area contributed by atoms with Crippen molar-refractivity contribution in [3.63, 3.8) is 0 Å². The summed E-state index contributed by atoms with van der Waals surface area (Å²) in [7, 11) is 1.56. The lowest BCUT2D eigenvalue weighted by atomic mass is 9.97. The van der Waals surface area contributed by atoms with Gasteiger partial charge in [0.1, 0.15) is 17.7 Å². The predicted octanol–water partition coefficient (Wildman–Crippen LogP) is 3.32. The number of ether oxygens (including phenoxy) is 1. The first-order chi connectivity index (χ1) is 13.1. The number of alkyl carbamates (subject to hydrolysis) is 1. The number of carbonyl (C=O) groups excluding carboxylic acids is 3. The molecule has 2 unspecified atom stereocenters. The third kappa shape index (κ3) is 7.75. The fourth-order valence-electron chi connectivity index (χ4n) is 2.84. The average Bonchev–Trinajstić information content (AvgIpc) is 2.52. The van der Waals surface area contributed by atoms with Crippen LogP contribution in [-0.2, 0) is 14.3 Å². The lowest BCUT2D eigenvalue weighted by Gasteiger charge is -2.33. The van der Waals surface area contributed by atoms with E-state index < -0.39 is 35.2 Å². The van der Waals surface area contributed by atoms with Crippen LogP contribution in [-0.4, -0.2) is 47.0 Å². The van der Waals surface area contributed by atoms with Crippen molar-refractivity contribution in [3.05, 3.63) is 35.4 Å². The predicted molar refractivity (Wildman–Crippen MR) is 113 cm³/mol. The summed E-state index contributed by atoms with van der Waals surface area (Å²) in [5.74, 6) is -0.680. The van der Waals surface area contributed by atoms with E-state index in [2.05, 4.69) is 10.6 Å². The highest BCUT2D eigenvalue weighted by molar-refractivity contribution is 5.92. The molecule has 0 radical (unpaired) electrons.